The summed E-state index contributed by atoms with van der Waals surface area (Å²) < 4.78 is 2.18. The Labute approximate surface area is 148 Å². The van der Waals surface area contributed by atoms with Gasteiger partial charge in [-0.15, -0.1) is 0 Å². The minimum Gasteiger partial charge on any atom is -0.304 e. The number of imidazole rings is 1. The van der Waals surface area contributed by atoms with Crippen molar-refractivity contribution in [3.63, 3.8) is 0 Å². The maximum absolute atomic E-state index is 4.87. The van der Waals surface area contributed by atoms with Crippen molar-refractivity contribution >= 4 is 5.65 Å². The van der Waals surface area contributed by atoms with E-state index < -0.39 is 0 Å². The highest BCUT2D eigenvalue weighted by Crippen LogP contribution is 2.28. The second-order valence-electron chi connectivity index (χ2n) is 6.52. The molecule has 0 bridgehead atoms. The largest absolute Gasteiger partial charge is 0.304 e. The number of fused-ring (bicyclic) bond motifs is 1. The highest BCUT2D eigenvalue weighted by molar-refractivity contribution is 5.71. The standard InChI is InChI=1S/C22H21N3/c1-24(2)16-20-22(23-21-10-6-7-15-25(20)21)19-13-11-18(12-14-19)17-8-4-3-5-9-17/h3-15H,16H2,1-2H3. The van der Waals surface area contributed by atoms with Crippen molar-refractivity contribution in [2.45, 2.75) is 6.54 Å². The summed E-state index contributed by atoms with van der Waals surface area (Å²) >= 11 is 0. The number of aromatic nitrogens is 2. The molecule has 4 rings (SSSR count). The molecule has 0 spiro atoms. The quantitative estimate of drug-likeness (QED) is 0.540. The van der Waals surface area contributed by atoms with Crippen LogP contribution in [0.4, 0.5) is 0 Å². The molecule has 3 heteroatoms. The van der Waals surface area contributed by atoms with Gasteiger partial charge in [0.05, 0.1) is 11.4 Å². The molecule has 2 aromatic carbocycles. The summed E-state index contributed by atoms with van der Waals surface area (Å²) in [5.74, 6) is 0. The number of pyridine rings is 1. The molecule has 0 saturated heterocycles. The van der Waals surface area contributed by atoms with Gasteiger partial charge in [-0.25, -0.2) is 4.98 Å². The van der Waals surface area contributed by atoms with Gasteiger partial charge in [0, 0.05) is 18.3 Å². The summed E-state index contributed by atoms with van der Waals surface area (Å²) in [7, 11) is 4.18. The van der Waals surface area contributed by atoms with E-state index >= 15 is 0 Å². The lowest BCUT2D eigenvalue weighted by Crippen LogP contribution is -2.13. The van der Waals surface area contributed by atoms with Crippen molar-refractivity contribution < 1.29 is 0 Å². The third kappa shape index (κ3) is 3.06. The number of nitrogens with zero attached hydrogens (tertiary/aromatic N) is 3. The second kappa shape index (κ2) is 6.54. The molecule has 0 saturated carbocycles. The molecule has 2 aromatic heterocycles. The Kier molecular flexibility index (Phi) is 4.08. The predicted octanol–water partition coefficient (Wildman–Crippen LogP) is 4.73. The van der Waals surface area contributed by atoms with Crippen LogP contribution in [0.15, 0.2) is 79.0 Å². The van der Waals surface area contributed by atoms with Crippen LogP contribution in [-0.2, 0) is 6.54 Å². The first-order valence-electron chi connectivity index (χ1n) is 8.49. The highest BCUT2D eigenvalue weighted by atomic mass is 15.1. The fourth-order valence-electron chi connectivity index (χ4n) is 3.18. The summed E-state index contributed by atoms with van der Waals surface area (Å²) in [5.41, 5.74) is 6.87. The first-order valence-corrected chi connectivity index (χ1v) is 8.49. The van der Waals surface area contributed by atoms with Gasteiger partial charge in [0.15, 0.2) is 0 Å². The van der Waals surface area contributed by atoms with Crippen LogP contribution < -0.4 is 0 Å². The molecular formula is C22H21N3. The van der Waals surface area contributed by atoms with Gasteiger partial charge in [0.1, 0.15) is 5.65 Å². The fraction of sp³-hybridized carbons (Fsp3) is 0.136. The first kappa shape index (κ1) is 15.6. The van der Waals surface area contributed by atoms with Gasteiger partial charge in [-0.3, -0.25) is 0 Å². The van der Waals surface area contributed by atoms with Crippen LogP contribution in [0.1, 0.15) is 5.69 Å². The highest BCUT2D eigenvalue weighted by Gasteiger charge is 2.14. The minimum absolute atomic E-state index is 0.848. The van der Waals surface area contributed by atoms with Gasteiger partial charge in [-0.1, -0.05) is 60.7 Å². The second-order valence-corrected chi connectivity index (χ2v) is 6.52. The summed E-state index contributed by atoms with van der Waals surface area (Å²) in [6.07, 6.45) is 2.09. The zero-order valence-corrected chi connectivity index (χ0v) is 14.6. The lowest BCUT2D eigenvalue weighted by molar-refractivity contribution is 0.396. The van der Waals surface area contributed by atoms with E-state index in [1.165, 1.54) is 16.8 Å². The number of rotatable bonds is 4. The van der Waals surface area contributed by atoms with Crippen LogP contribution in [0.25, 0.3) is 28.0 Å². The lowest BCUT2D eigenvalue weighted by Gasteiger charge is -2.11. The Bertz CT molecular complexity index is 983. The SMILES string of the molecule is CN(C)Cc1c(-c2ccc(-c3ccccc3)cc2)nc2ccccn12. The molecule has 0 aliphatic rings. The summed E-state index contributed by atoms with van der Waals surface area (Å²) in [6, 6.07) is 25.3. The topological polar surface area (TPSA) is 20.5 Å². The van der Waals surface area contributed by atoms with Crippen LogP contribution in [0.5, 0.6) is 0 Å². The molecule has 0 N–H and O–H groups in total. The Morgan fingerprint density at radius 3 is 2.12 bits per heavy atom. The van der Waals surface area contributed by atoms with Crippen molar-refractivity contribution in [1.29, 1.82) is 0 Å². The molecule has 0 radical (unpaired) electrons. The van der Waals surface area contributed by atoms with Gasteiger partial charge in [-0.2, -0.15) is 0 Å². The lowest BCUT2D eigenvalue weighted by atomic mass is 10.0. The smallest absolute Gasteiger partial charge is 0.137 e. The average Bonchev–Trinajstić information content (AvgIpc) is 3.01. The number of hydrogen-bond donors (Lipinski definition) is 0. The van der Waals surface area contributed by atoms with Crippen LogP contribution >= 0.6 is 0 Å². The molecule has 0 aliphatic heterocycles. The Balaban J connectivity index is 1.79. The maximum Gasteiger partial charge on any atom is 0.137 e. The van der Waals surface area contributed by atoms with Gasteiger partial charge >= 0.3 is 0 Å². The third-order valence-electron chi connectivity index (χ3n) is 4.36. The van der Waals surface area contributed by atoms with E-state index in [9.17, 15) is 0 Å². The van der Waals surface area contributed by atoms with Crippen molar-refractivity contribution in [3.8, 4) is 22.4 Å². The molecular weight excluding hydrogens is 306 g/mol. The van der Waals surface area contributed by atoms with Crippen molar-refractivity contribution in [1.82, 2.24) is 14.3 Å². The third-order valence-corrected chi connectivity index (χ3v) is 4.36. The van der Waals surface area contributed by atoms with E-state index in [1.54, 1.807) is 0 Å². The summed E-state index contributed by atoms with van der Waals surface area (Å²) in [5, 5.41) is 0. The van der Waals surface area contributed by atoms with Crippen LogP contribution in [0, 0.1) is 0 Å². The van der Waals surface area contributed by atoms with E-state index in [4.69, 9.17) is 4.98 Å². The first-order chi connectivity index (χ1) is 12.2. The van der Waals surface area contributed by atoms with Gasteiger partial charge in [-0.05, 0) is 37.4 Å². The minimum atomic E-state index is 0.848. The van der Waals surface area contributed by atoms with E-state index in [0.717, 1.165) is 23.4 Å². The number of hydrogen-bond acceptors (Lipinski definition) is 2. The molecule has 0 atom stereocenters. The summed E-state index contributed by atoms with van der Waals surface area (Å²) in [6.45, 7) is 0.848. The van der Waals surface area contributed by atoms with Gasteiger partial charge < -0.3 is 9.30 Å². The predicted molar refractivity (Wildman–Crippen MR) is 103 cm³/mol. The van der Waals surface area contributed by atoms with Gasteiger partial charge in [0.25, 0.3) is 0 Å². The average molecular weight is 327 g/mol. The molecule has 0 fully saturated rings. The van der Waals surface area contributed by atoms with Crippen LogP contribution in [0.2, 0.25) is 0 Å². The zero-order chi connectivity index (χ0) is 17.2. The Hall–Kier alpha value is -2.91. The van der Waals surface area contributed by atoms with Gasteiger partial charge in [0.2, 0.25) is 0 Å². The fourth-order valence-corrected chi connectivity index (χ4v) is 3.18. The van der Waals surface area contributed by atoms with E-state index in [0.29, 0.717) is 0 Å². The van der Waals surface area contributed by atoms with Crippen molar-refractivity contribution in [2.24, 2.45) is 0 Å². The van der Waals surface area contributed by atoms with E-state index in [1.807, 2.05) is 12.1 Å². The molecule has 0 aliphatic carbocycles. The normalized spacial score (nSPS) is 11.3. The molecule has 2 heterocycles. The Morgan fingerprint density at radius 1 is 0.760 bits per heavy atom. The van der Waals surface area contributed by atoms with Crippen LogP contribution in [-0.4, -0.2) is 28.4 Å². The van der Waals surface area contributed by atoms with Crippen molar-refractivity contribution in [3.05, 3.63) is 84.7 Å². The molecule has 0 unspecified atom stereocenters. The van der Waals surface area contributed by atoms with Crippen LogP contribution in [0.3, 0.4) is 0 Å². The summed E-state index contributed by atoms with van der Waals surface area (Å²) in [4.78, 5) is 7.05. The van der Waals surface area contributed by atoms with E-state index in [2.05, 4.69) is 90.3 Å². The molecule has 124 valence electrons. The van der Waals surface area contributed by atoms with Crippen molar-refractivity contribution in [2.75, 3.05) is 14.1 Å². The molecule has 25 heavy (non-hydrogen) atoms. The van der Waals surface area contributed by atoms with E-state index in [-0.39, 0.29) is 0 Å². The maximum atomic E-state index is 4.87. The Morgan fingerprint density at radius 2 is 1.40 bits per heavy atom. The molecule has 4 aromatic rings. The molecule has 3 nitrogen and oxygen atoms in total. The zero-order valence-electron chi connectivity index (χ0n) is 14.6. The number of benzene rings is 2. The molecule has 0 amide bonds. The monoisotopic (exact) mass is 327 g/mol.